The summed E-state index contributed by atoms with van der Waals surface area (Å²) in [4.78, 5) is 0. The Balaban J connectivity index is 1.81. The molecule has 0 aliphatic rings. The van der Waals surface area contributed by atoms with Crippen LogP contribution in [0, 0.1) is 5.82 Å². The van der Waals surface area contributed by atoms with Crippen molar-refractivity contribution in [3.05, 3.63) is 64.9 Å². The molecule has 2 aromatic rings. The Morgan fingerprint density at radius 1 is 1.10 bits per heavy atom. The Morgan fingerprint density at radius 2 is 1.85 bits per heavy atom. The zero-order chi connectivity index (χ0) is 14.4. The van der Waals surface area contributed by atoms with Gasteiger partial charge in [0.2, 0.25) is 0 Å². The van der Waals surface area contributed by atoms with E-state index < -0.39 is 11.9 Å². The number of ether oxygens (including phenoxy) is 1. The van der Waals surface area contributed by atoms with Crippen LogP contribution in [0.15, 0.2) is 48.5 Å². The summed E-state index contributed by atoms with van der Waals surface area (Å²) in [5, 5.41) is 10.0. The fraction of sp³-hybridized carbons (Fsp3) is 0.250. The number of aliphatic hydroxyl groups is 1. The smallest absolute Gasteiger partial charge is 0.142 e. The first-order chi connectivity index (χ1) is 9.66. The Kier molecular flexibility index (Phi) is 5.39. The van der Waals surface area contributed by atoms with Crippen molar-refractivity contribution < 1.29 is 14.2 Å². The van der Waals surface area contributed by atoms with Gasteiger partial charge in [0.25, 0.3) is 0 Å². The highest BCUT2D eigenvalue weighted by molar-refractivity contribution is 6.31. The maximum Gasteiger partial charge on any atom is 0.142 e. The monoisotopic (exact) mass is 294 g/mol. The third kappa shape index (κ3) is 4.22. The van der Waals surface area contributed by atoms with Gasteiger partial charge in [-0.2, -0.15) is 0 Å². The van der Waals surface area contributed by atoms with Crippen molar-refractivity contribution in [3.63, 3.8) is 0 Å². The van der Waals surface area contributed by atoms with E-state index in [1.807, 2.05) is 30.3 Å². The second kappa shape index (κ2) is 7.27. The molecule has 0 spiro atoms. The number of hydrogen-bond acceptors (Lipinski definition) is 2. The van der Waals surface area contributed by atoms with Gasteiger partial charge in [0.15, 0.2) is 0 Å². The van der Waals surface area contributed by atoms with E-state index in [9.17, 15) is 9.50 Å². The van der Waals surface area contributed by atoms with Crippen LogP contribution in [0.3, 0.4) is 0 Å². The second-order valence-electron chi connectivity index (χ2n) is 4.52. The molecule has 0 saturated carbocycles. The first-order valence-electron chi connectivity index (χ1n) is 6.45. The molecule has 106 valence electrons. The lowest BCUT2D eigenvalue weighted by Crippen LogP contribution is -2.15. The molecule has 1 atom stereocenters. The first-order valence-corrected chi connectivity index (χ1v) is 6.83. The van der Waals surface area contributed by atoms with Crippen molar-refractivity contribution >= 4 is 11.6 Å². The highest BCUT2D eigenvalue weighted by Crippen LogP contribution is 2.21. The number of hydrogen-bond donors (Lipinski definition) is 1. The highest BCUT2D eigenvalue weighted by atomic mass is 35.5. The molecule has 0 fully saturated rings. The van der Waals surface area contributed by atoms with Crippen molar-refractivity contribution in [3.8, 4) is 5.75 Å². The molecule has 2 nitrogen and oxygen atoms in total. The molecule has 0 aliphatic heterocycles. The third-order valence-electron chi connectivity index (χ3n) is 2.95. The largest absolute Gasteiger partial charge is 0.493 e. The molecule has 0 bridgehead atoms. The molecule has 0 saturated heterocycles. The normalized spacial score (nSPS) is 12.2. The minimum atomic E-state index is -0.613. The molecule has 2 rings (SSSR count). The lowest BCUT2D eigenvalue weighted by atomic mass is 10.1. The lowest BCUT2D eigenvalue weighted by Gasteiger charge is -2.13. The number of para-hydroxylation sites is 1. The Morgan fingerprint density at radius 3 is 2.60 bits per heavy atom. The van der Waals surface area contributed by atoms with Gasteiger partial charge in [-0.15, -0.1) is 0 Å². The topological polar surface area (TPSA) is 29.5 Å². The fourth-order valence-corrected chi connectivity index (χ4v) is 2.09. The first kappa shape index (κ1) is 14.8. The molecule has 20 heavy (non-hydrogen) atoms. The molecule has 4 heteroatoms. The van der Waals surface area contributed by atoms with Crippen LogP contribution in [0.25, 0.3) is 0 Å². The van der Waals surface area contributed by atoms with Gasteiger partial charge in [-0.05, 0) is 23.8 Å². The van der Waals surface area contributed by atoms with Crippen LogP contribution in [0.4, 0.5) is 4.39 Å². The molecule has 1 unspecified atom stereocenters. The van der Waals surface area contributed by atoms with Gasteiger partial charge >= 0.3 is 0 Å². The Bertz CT molecular complexity index is 545. The van der Waals surface area contributed by atoms with Crippen molar-refractivity contribution in [2.45, 2.75) is 18.9 Å². The van der Waals surface area contributed by atoms with Gasteiger partial charge in [-0.3, -0.25) is 0 Å². The molecule has 1 N–H and O–H groups in total. The number of rotatable bonds is 6. The molecule has 0 aromatic heterocycles. The minimum absolute atomic E-state index is 0.0792. The molecular weight excluding hydrogens is 279 g/mol. The van der Waals surface area contributed by atoms with Crippen molar-refractivity contribution in [2.75, 3.05) is 6.61 Å². The van der Waals surface area contributed by atoms with Gasteiger partial charge < -0.3 is 9.84 Å². The van der Waals surface area contributed by atoms with Crippen LogP contribution < -0.4 is 4.74 Å². The maximum absolute atomic E-state index is 13.3. The van der Waals surface area contributed by atoms with Crippen LogP contribution in [0.2, 0.25) is 5.02 Å². The van der Waals surface area contributed by atoms with Gasteiger partial charge in [0.1, 0.15) is 11.6 Å². The molecule has 0 amide bonds. The summed E-state index contributed by atoms with van der Waals surface area (Å²) in [6.07, 6.45) is 0.161. The minimum Gasteiger partial charge on any atom is -0.493 e. The predicted molar refractivity (Wildman–Crippen MR) is 77.7 cm³/mol. The van der Waals surface area contributed by atoms with Gasteiger partial charge in [-0.1, -0.05) is 41.9 Å². The average molecular weight is 295 g/mol. The quantitative estimate of drug-likeness (QED) is 0.877. The van der Waals surface area contributed by atoms with Gasteiger partial charge in [0, 0.05) is 12.8 Å². The summed E-state index contributed by atoms with van der Waals surface area (Å²) in [5.41, 5.74) is 0.610. The number of halogens is 2. The van der Waals surface area contributed by atoms with Crippen molar-refractivity contribution in [2.24, 2.45) is 0 Å². The Hall–Kier alpha value is -1.58. The third-order valence-corrected chi connectivity index (χ3v) is 3.37. The van der Waals surface area contributed by atoms with Crippen LogP contribution >= 0.6 is 11.6 Å². The molecule has 2 aromatic carbocycles. The molecule has 0 heterocycles. The zero-order valence-corrected chi connectivity index (χ0v) is 11.7. The lowest BCUT2D eigenvalue weighted by molar-refractivity contribution is 0.139. The number of aliphatic hydroxyl groups excluding tert-OH is 1. The molecule has 0 radical (unpaired) electrons. The molecular formula is C16H16ClFO2. The van der Waals surface area contributed by atoms with Gasteiger partial charge in [-0.25, -0.2) is 4.39 Å². The van der Waals surface area contributed by atoms with E-state index in [4.69, 9.17) is 16.3 Å². The Labute approximate surface area is 122 Å². The van der Waals surface area contributed by atoms with Crippen LogP contribution in [0.1, 0.15) is 12.0 Å². The SMILES string of the molecule is OC(CCOc1ccccc1)Cc1cccc(F)c1Cl. The van der Waals surface area contributed by atoms with Crippen LogP contribution in [0.5, 0.6) is 5.75 Å². The van der Waals surface area contributed by atoms with Crippen molar-refractivity contribution in [1.82, 2.24) is 0 Å². The summed E-state index contributed by atoms with van der Waals surface area (Å²) < 4.78 is 18.8. The summed E-state index contributed by atoms with van der Waals surface area (Å²) >= 11 is 5.85. The van der Waals surface area contributed by atoms with E-state index in [1.54, 1.807) is 12.1 Å². The van der Waals surface area contributed by atoms with E-state index >= 15 is 0 Å². The average Bonchev–Trinajstić information content (AvgIpc) is 2.45. The maximum atomic E-state index is 13.3. The summed E-state index contributed by atoms with van der Waals surface area (Å²) in [7, 11) is 0. The highest BCUT2D eigenvalue weighted by Gasteiger charge is 2.11. The molecule has 0 aliphatic carbocycles. The van der Waals surface area contributed by atoms with Crippen molar-refractivity contribution in [1.29, 1.82) is 0 Å². The standard InChI is InChI=1S/C16H16ClFO2/c17-16-12(5-4-8-15(16)18)11-13(19)9-10-20-14-6-2-1-3-7-14/h1-8,13,19H,9-11H2. The van der Waals surface area contributed by atoms with E-state index in [0.29, 0.717) is 25.0 Å². The summed E-state index contributed by atoms with van der Waals surface area (Å²) in [6, 6.07) is 14.0. The van der Waals surface area contributed by atoms with E-state index in [2.05, 4.69) is 0 Å². The fourth-order valence-electron chi connectivity index (χ4n) is 1.89. The van der Waals surface area contributed by atoms with E-state index in [-0.39, 0.29) is 5.02 Å². The summed E-state index contributed by atoms with van der Waals surface area (Å²) in [5.74, 6) is 0.306. The van der Waals surface area contributed by atoms with E-state index in [0.717, 1.165) is 5.75 Å². The predicted octanol–water partition coefficient (Wildman–Crippen LogP) is 3.85. The van der Waals surface area contributed by atoms with Crippen LogP contribution in [-0.4, -0.2) is 17.8 Å². The second-order valence-corrected chi connectivity index (χ2v) is 4.90. The van der Waals surface area contributed by atoms with Gasteiger partial charge in [0.05, 0.1) is 17.7 Å². The van der Waals surface area contributed by atoms with Crippen LogP contribution in [-0.2, 0) is 6.42 Å². The number of benzene rings is 2. The zero-order valence-electron chi connectivity index (χ0n) is 10.9. The summed E-state index contributed by atoms with van der Waals surface area (Å²) in [6.45, 7) is 0.401. The van der Waals surface area contributed by atoms with E-state index in [1.165, 1.54) is 6.07 Å².